The molecular formula is C13H9Br4NO. The van der Waals surface area contributed by atoms with Gasteiger partial charge in [0.2, 0.25) is 0 Å². The lowest BCUT2D eigenvalue weighted by molar-refractivity contribution is 0.413. The average Bonchev–Trinajstić information content (AvgIpc) is 2.66. The predicted octanol–water partition coefficient (Wildman–Crippen LogP) is 5.84. The van der Waals surface area contributed by atoms with Gasteiger partial charge in [-0.15, -0.1) is 0 Å². The molecule has 0 saturated carbocycles. The van der Waals surface area contributed by atoms with Crippen LogP contribution in [0.4, 0.5) is 0 Å². The van der Waals surface area contributed by atoms with Crippen molar-refractivity contribution in [1.82, 2.24) is 4.98 Å². The number of H-pyrrole nitrogens is 1. The van der Waals surface area contributed by atoms with E-state index >= 15 is 0 Å². The number of benzene rings is 1. The maximum atomic E-state index is 5.59. The summed E-state index contributed by atoms with van der Waals surface area (Å²) in [7, 11) is 1.70. The fourth-order valence-electron chi connectivity index (χ4n) is 2.53. The number of hydrogen-bond acceptors (Lipinski definition) is 1. The van der Waals surface area contributed by atoms with E-state index in [-0.39, 0.29) is 0 Å². The van der Waals surface area contributed by atoms with E-state index in [9.17, 15) is 0 Å². The highest BCUT2D eigenvalue weighted by molar-refractivity contribution is 9.13. The first-order valence-electron chi connectivity index (χ1n) is 5.65. The Balaban J connectivity index is 2.38. The molecule has 100 valence electrons. The van der Waals surface area contributed by atoms with Gasteiger partial charge in [0.05, 0.1) is 26.4 Å². The fourth-order valence-corrected chi connectivity index (χ4v) is 4.98. The van der Waals surface area contributed by atoms with Gasteiger partial charge in [0.15, 0.2) is 0 Å². The lowest BCUT2D eigenvalue weighted by atomic mass is 9.90. The molecule has 1 heterocycles. The summed E-state index contributed by atoms with van der Waals surface area (Å²) < 4.78 is 9.73. The van der Waals surface area contributed by atoms with Crippen molar-refractivity contribution in [2.75, 3.05) is 7.11 Å². The zero-order valence-corrected chi connectivity index (χ0v) is 16.3. The van der Waals surface area contributed by atoms with E-state index < -0.39 is 0 Å². The first kappa shape index (κ1) is 14.2. The summed E-state index contributed by atoms with van der Waals surface area (Å²) in [4.78, 5) is 3.40. The Hall–Kier alpha value is 0.220. The summed E-state index contributed by atoms with van der Waals surface area (Å²) in [5.41, 5.74) is 4.84. The Kier molecular flexibility index (Phi) is 3.88. The first-order valence-corrected chi connectivity index (χ1v) is 8.82. The Labute approximate surface area is 144 Å². The Morgan fingerprint density at radius 3 is 2.42 bits per heavy atom. The van der Waals surface area contributed by atoms with Crippen LogP contribution in [0.5, 0.6) is 5.75 Å². The van der Waals surface area contributed by atoms with E-state index in [0.29, 0.717) is 0 Å². The largest absolute Gasteiger partial charge is 0.495 e. The molecule has 0 amide bonds. The number of aromatic nitrogens is 1. The molecule has 0 aliphatic heterocycles. The van der Waals surface area contributed by atoms with Crippen molar-refractivity contribution in [3.8, 4) is 17.0 Å². The number of halogens is 4. The maximum Gasteiger partial charge on any atom is 0.142 e. The Bertz CT molecular complexity index is 658. The predicted molar refractivity (Wildman–Crippen MR) is 91.0 cm³/mol. The van der Waals surface area contributed by atoms with Crippen molar-refractivity contribution in [3.63, 3.8) is 0 Å². The molecule has 1 aromatic carbocycles. The molecule has 1 N–H and O–H groups in total. The highest BCUT2D eigenvalue weighted by Crippen LogP contribution is 2.49. The lowest BCUT2D eigenvalue weighted by Gasteiger charge is -2.22. The summed E-state index contributed by atoms with van der Waals surface area (Å²) in [5, 5.41) is 0. The third-order valence-corrected chi connectivity index (χ3v) is 6.66. The molecule has 19 heavy (non-hydrogen) atoms. The number of aromatic amines is 1. The molecule has 0 fully saturated rings. The molecule has 1 aliphatic carbocycles. The third kappa shape index (κ3) is 2.15. The van der Waals surface area contributed by atoms with Gasteiger partial charge in [-0.2, -0.15) is 0 Å². The molecule has 0 spiro atoms. The maximum absolute atomic E-state index is 5.59. The Morgan fingerprint density at radius 2 is 1.74 bits per heavy atom. The number of rotatable bonds is 1. The molecule has 2 nitrogen and oxygen atoms in total. The molecule has 0 radical (unpaired) electrons. The minimum atomic E-state index is 0.875. The summed E-state index contributed by atoms with van der Waals surface area (Å²) in [6.45, 7) is 0. The van der Waals surface area contributed by atoms with Crippen molar-refractivity contribution in [1.29, 1.82) is 0 Å². The van der Waals surface area contributed by atoms with Crippen molar-refractivity contribution in [2.45, 2.75) is 12.8 Å². The molecule has 0 atom stereocenters. The van der Waals surface area contributed by atoms with Crippen LogP contribution in [0.15, 0.2) is 24.1 Å². The molecule has 1 aliphatic rings. The second-order valence-corrected chi connectivity index (χ2v) is 7.63. The van der Waals surface area contributed by atoms with E-state index in [0.717, 1.165) is 47.9 Å². The minimum Gasteiger partial charge on any atom is -0.495 e. The second kappa shape index (κ2) is 5.20. The van der Waals surface area contributed by atoms with Crippen LogP contribution in [0.2, 0.25) is 0 Å². The van der Waals surface area contributed by atoms with E-state index in [4.69, 9.17) is 4.74 Å². The summed E-state index contributed by atoms with van der Waals surface area (Å²) >= 11 is 14.4. The molecule has 6 heteroatoms. The lowest BCUT2D eigenvalue weighted by Crippen LogP contribution is -2.06. The van der Waals surface area contributed by atoms with Crippen molar-refractivity contribution in [3.05, 3.63) is 35.2 Å². The smallest absolute Gasteiger partial charge is 0.142 e. The molecule has 0 unspecified atom stereocenters. The van der Waals surface area contributed by atoms with Crippen LogP contribution in [0.1, 0.15) is 11.1 Å². The van der Waals surface area contributed by atoms with Gasteiger partial charge in [-0.05, 0) is 77.8 Å². The fraction of sp³-hybridized carbons (Fsp3) is 0.231. The highest BCUT2D eigenvalue weighted by Gasteiger charge is 2.28. The van der Waals surface area contributed by atoms with Gasteiger partial charge in [0.1, 0.15) is 5.75 Å². The van der Waals surface area contributed by atoms with Gasteiger partial charge in [0.25, 0.3) is 0 Å². The first-order chi connectivity index (χ1) is 9.04. The minimum absolute atomic E-state index is 0.875. The summed E-state index contributed by atoms with van der Waals surface area (Å²) in [6, 6.07) is 2.05. The molecule has 2 aromatic rings. The number of fused-ring (bicyclic) bond motifs is 3. The summed E-state index contributed by atoms with van der Waals surface area (Å²) in [6.07, 6.45) is 2.00. The standard InChI is InChI=1S/C13H9Br4NO/c1-19-12-8(15)4-7(14)5-2-3-6-10(16)13(17)18-11(6)9(5)12/h4,18H,2-3H2,1H3. The van der Waals surface area contributed by atoms with Crippen molar-refractivity contribution in [2.24, 2.45) is 0 Å². The van der Waals surface area contributed by atoms with Gasteiger partial charge in [-0.25, -0.2) is 0 Å². The second-order valence-electron chi connectivity index (χ2n) is 4.33. The quantitative estimate of drug-likeness (QED) is 0.508. The van der Waals surface area contributed by atoms with E-state index in [1.165, 1.54) is 11.1 Å². The molecule has 3 rings (SSSR count). The monoisotopic (exact) mass is 511 g/mol. The van der Waals surface area contributed by atoms with Gasteiger partial charge < -0.3 is 9.72 Å². The van der Waals surface area contributed by atoms with Gasteiger partial charge in [-0.1, -0.05) is 15.9 Å². The zero-order valence-electron chi connectivity index (χ0n) is 9.91. The molecule has 0 bridgehead atoms. The number of ether oxygens (including phenoxy) is 1. The number of nitrogens with one attached hydrogen (secondary N) is 1. The van der Waals surface area contributed by atoms with Crippen LogP contribution in [0, 0.1) is 0 Å². The third-order valence-electron chi connectivity index (χ3n) is 3.36. The van der Waals surface area contributed by atoms with Gasteiger partial charge in [0, 0.05) is 10.0 Å². The molecular weight excluding hydrogens is 506 g/mol. The highest BCUT2D eigenvalue weighted by atomic mass is 79.9. The van der Waals surface area contributed by atoms with Crippen LogP contribution in [-0.4, -0.2) is 12.1 Å². The van der Waals surface area contributed by atoms with Crippen molar-refractivity contribution >= 4 is 63.7 Å². The van der Waals surface area contributed by atoms with E-state index in [1.54, 1.807) is 7.11 Å². The van der Waals surface area contributed by atoms with Gasteiger partial charge >= 0.3 is 0 Å². The normalized spacial score (nSPS) is 13.1. The van der Waals surface area contributed by atoms with Crippen LogP contribution < -0.4 is 4.74 Å². The van der Waals surface area contributed by atoms with Gasteiger partial charge in [-0.3, -0.25) is 0 Å². The van der Waals surface area contributed by atoms with E-state index in [1.807, 2.05) is 0 Å². The molecule has 0 saturated heterocycles. The van der Waals surface area contributed by atoms with Crippen LogP contribution >= 0.6 is 63.7 Å². The zero-order chi connectivity index (χ0) is 13.7. The number of methoxy groups -OCH3 is 1. The summed E-state index contributed by atoms with van der Waals surface area (Å²) in [5.74, 6) is 0.875. The van der Waals surface area contributed by atoms with E-state index in [2.05, 4.69) is 74.8 Å². The van der Waals surface area contributed by atoms with Crippen LogP contribution in [-0.2, 0) is 12.8 Å². The SMILES string of the molecule is COc1c(Br)cc(Br)c2c1-c1[nH]c(Br)c(Br)c1CC2. The Morgan fingerprint density at radius 1 is 1.05 bits per heavy atom. The average molecular weight is 515 g/mol. The van der Waals surface area contributed by atoms with Crippen molar-refractivity contribution < 1.29 is 4.74 Å². The van der Waals surface area contributed by atoms with Crippen LogP contribution in [0.3, 0.4) is 0 Å². The number of hydrogen-bond donors (Lipinski definition) is 1. The topological polar surface area (TPSA) is 25.0 Å². The molecule has 1 aromatic heterocycles. The van der Waals surface area contributed by atoms with Crippen LogP contribution in [0.25, 0.3) is 11.3 Å².